The minimum Gasteiger partial charge on any atom is -0.383 e. The highest BCUT2D eigenvalue weighted by Gasteiger charge is 2.21. The summed E-state index contributed by atoms with van der Waals surface area (Å²) in [6, 6.07) is 8.42. The molecule has 8 nitrogen and oxygen atoms in total. The van der Waals surface area contributed by atoms with E-state index in [1.165, 1.54) is 29.0 Å². The molecule has 0 spiro atoms. The fourth-order valence-corrected chi connectivity index (χ4v) is 3.74. The number of anilines is 2. The molecule has 1 aliphatic rings. The minimum atomic E-state index is -0.607. The van der Waals surface area contributed by atoms with Gasteiger partial charge in [0.2, 0.25) is 5.95 Å². The van der Waals surface area contributed by atoms with E-state index in [0.29, 0.717) is 11.9 Å². The summed E-state index contributed by atoms with van der Waals surface area (Å²) in [6.07, 6.45) is 7.13. The molecule has 0 unspecified atom stereocenters. The van der Waals surface area contributed by atoms with Crippen molar-refractivity contribution in [3.63, 3.8) is 0 Å². The van der Waals surface area contributed by atoms with Crippen LogP contribution in [0.15, 0.2) is 42.9 Å². The van der Waals surface area contributed by atoms with Crippen molar-refractivity contribution in [1.82, 2.24) is 20.0 Å². The molecule has 1 fully saturated rings. The van der Waals surface area contributed by atoms with Crippen molar-refractivity contribution in [2.24, 2.45) is 13.0 Å². The summed E-state index contributed by atoms with van der Waals surface area (Å²) in [5.41, 5.74) is 4.24. The first kappa shape index (κ1) is 18.2. The Kier molecular flexibility index (Phi) is 5.12. The highest BCUT2D eigenvalue weighted by molar-refractivity contribution is 5.93. The highest BCUT2D eigenvalue weighted by Crippen LogP contribution is 2.26. The Labute approximate surface area is 163 Å². The zero-order valence-corrected chi connectivity index (χ0v) is 15.8. The van der Waals surface area contributed by atoms with Crippen LogP contribution in [0.25, 0.3) is 10.9 Å². The quantitative estimate of drug-likeness (QED) is 0.465. The molecule has 0 bridgehead atoms. The van der Waals surface area contributed by atoms with Gasteiger partial charge in [0.15, 0.2) is 0 Å². The maximum absolute atomic E-state index is 11.4. The molecular weight excluding hydrogens is 356 g/mol. The number of benzene rings is 1. The van der Waals surface area contributed by atoms with Crippen molar-refractivity contribution in [1.29, 1.82) is 0 Å². The number of fused-ring (bicyclic) bond motifs is 1. The van der Waals surface area contributed by atoms with Crippen LogP contribution in [0.5, 0.6) is 0 Å². The van der Waals surface area contributed by atoms with Crippen LogP contribution in [0.2, 0.25) is 0 Å². The number of aromatic nitrogens is 3. The number of carbonyl (C=O) groups excluding carboxylic acids is 1. The molecule has 2 aromatic heterocycles. The highest BCUT2D eigenvalue weighted by atomic mass is 16.5. The molecule has 0 saturated carbocycles. The molecule has 28 heavy (non-hydrogen) atoms. The topological polar surface area (TPSA) is 95.3 Å². The molecule has 0 atom stereocenters. The minimum absolute atomic E-state index is 0.237. The lowest BCUT2D eigenvalue weighted by Crippen LogP contribution is -2.37. The molecule has 146 valence electrons. The number of rotatable bonds is 5. The average molecular weight is 380 g/mol. The third-order valence-corrected chi connectivity index (χ3v) is 5.38. The molecule has 3 aromatic rings. The number of para-hydroxylation sites is 1. The third-order valence-electron chi connectivity index (χ3n) is 5.38. The van der Waals surface area contributed by atoms with Gasteiger partial charge in [-0.05, 0) is 24.8 Å². The van der Waals surface area contributed by atoms with Crippen LogP contribution in [0, 0.1) is 5.92 Å². The van der Waals surface area contributed by atoms with E-state index in [1.54, 1.807) is 5.48 Å². The molecule has 1 saturated heterocycles. The van der Waals surface area contributed by atoms with E-state index in [2.05, 4.69) is 62.3 Å². The van der Waals surface area contributed by atoms with Crippen LogP contribution in [0.3, 0.4) is 0 Å². The molecule has 0 radical (unpaired) electrons. The maximum atomic E-state index is 11.4. The van der Waals surface area contributed by atoms with Crippen LogP contribution in [0.1, 0.15) is 23.2 Å². The second-order valence-corrected chi connectivity index (χ2v) is 7.19. The van der Waals surface area contributed by atoms with E-state index in [0.717, 1.165) is 32.5 Å². The lowest BCUT2D eigenvalue weighted by Gasteiger charge is -2.32. The van der Waals surface area contributed by atoms with E-state index in [9.17, 15) is 4.79 Å². The summed E-state index contributed by atoms with van der Waals surface area (Å²) < 4.78 is 2.15. The Hall–Kier alpha value is -3.13. The van der Waals surface area contributed by atoms with Crippen LogP contribution in [0.4, 0.5) is 11.6 Å². The number of hydrogen-bond donors (Lipinski definition) is 3. The number of nitrogens with zero attached hydrogens (tertiary/aromatic N) is 4. The van der Waals surface area contributed by atoms with Gasteiger partial charge in [-0.15, -0.1) is 0 Å². The number of hydrogen-bond acceptors (Lipinski definition) is 6. The van der Waals surface area contributed by atoms with E-state index in [1.807, 2.05) is 0 Å². The second-order valence-electron chi connectivity index (χ2n) is 7.19. The van der Waals surface area contributed by atoms with E-state index in [4.69, 9.17) is 5.21 Å². The van der Waals surface area contributed by atoms with Gasteiger partial charge in [-0.3, -0.25) is 10.0 Å². The second kappa shape index (κ2) is 7.85. The Morgan fingerprint density at radius 3 is 2.64 bits per heavy atom. The van der Waals surface area contributed by atoms with Crippen molar-refractivity contribution in [2.75, 3.05) is 29.9 Å². The molecular formula is C20H24N6O2. The van der Waals surface area contributed by atoms with Crippen LogP contribution >= 0.6 is 0 Å². The van der Waals surface area contributed by atoms with Gasteiger partial charge in [0.25, 0.3) is 5.91 Å². The lowest BCUT2D eigenvalue weighted by atomic mass is 9.97. The number of amides is 1. The molecule has 1 aromatic carbocycles. The number of piperidine rings is 1. The molecule has 1 amide bonds. The van der Waals surface area contributed by atoms with Gasteiger partial charge in [-0.2, -0.15) is 0 Å². The Bertz CT molecular complexity index is 960. The van der Waals surface area contributed by atoms with Gasteiger partial charge in [0.1, 0.15) is 0 Å². The number of aryl methyl sites for hydroxylation is 1. The first-order valence-electron chi connectivity index (χ1n) is 9.45. The predicted molar refractivity (Wildman–Crippen MR) is 108 cm³/mol. The summed E-state index contributed by atoms with van der Waals surface area (Å²) in [7, 11) is 2.07. The average Bonchev–Trinajstić information content (AvgIpc) is 3.08. The summed E-state index contributed by atoms with van der Waals surface area (Å²) in [5, 5.41) is 13.5. The first-order valence-corrected chi connectivity index (χ1v) is 9.45. The number of carbonyl (C=O) groups is 1. The molecule has 4 rings (SSSR count). The largest absolute Gasteiger partial charge is 0.383 e. The Balaban J connectivity index is 1.32. The summed E-state index contributed by atoms with van der Waals surface area (Å²) >= 11 is 0. The van der Waals surface area contributed by atoms with E-state index < -0.39 is 5.91 Å². The van der Waals surface area contributed by atoms with Crippen molar-refractivity contribution in [2.45, 2.75) is 12.8 Å². The maximum Gasteiger partial charge on any atom is 0.277 e. The Morgan fingerprint density at radius 1 is 1.21 bits per heavy atom. The zero-order chi connectivity index (χ0) is 19.5. The van der Waals surface area contributed by atoms with E-state index >= 15 is 0 Å². The van der Waals surface area contributed by atoms with Crippen LogP contribution in [-0.4, -0.2) is 45.3 Å². The van der Waals surface area contributed by atoms with Crippen LogP contribution in [-0.2, 0) is 7.05 Å². The van der Waals surface area contributed by atoms with Gasteiger partial charge in [0, 0.05) is 56.2 Å². The fraction of sp³-hybridized carbons (Fsp3) is 0.350. The molecule has 8 heteroatoms. The van der Waals surface area contributed by atoms with Gasteiger partial charge in [0.05, 0.1) is 11.3 Å². The Morgan fingerprint density at radius 2 is 1.93 bits per heavy atom. The summed E-state index contributed by atoms with van der Waals surface area (Å²) in [4.78, 5) is 22.0. The smallest absolute Gasteiger partial charge is 0.277 e. The standard InChI is InChI=1S/C20H24N6O2/c1-25-13-17(16-4-2-3-5-18(16)25)21-10-14-6-8-26(9-7-14)20-22-11-15(12-23-20)19(27)24-28/h2-5,11-14,21,28H,6-10H2,1H3,(H,24,27). The van der Waals surface area contributed by atoms with Gasteiger partial charge in [-0.25, -0.2) is 15.4 Å². The molecule has 3 N–H and O–H groups in total. The monoisotopic (exact) mass is 380 g/mol. The third kappa shape index (κ3) is 3.63. The zero-order valence-electron chi connectivity index (χ0n) is 15.8. The van der Waals surface area contributed by atoms with Crippen LogP contribution < -0.4 is 15.7 Å². The van der Waals surface area contributed by atoms with Crippen molar-refractivity contribution < 1.29 is 10.0 Å². The first-order chi connectivity index (χ1) is 13.7. The number of hydroxylamine groups is 1. The number of nitrogens with one attached hydrogen (secondary N) is 2. The predicted octanol–water partition coefficient (Wildman–Crippen LogP) is 2.42. The van der Waals surface area contributed by atoms with Gasteiger partial charge >= 0.3 is 0 Å². The lowest BCUT2D eigenvalue weighted by molar-refractivity contribution is 0.0705. The SMILES string of the molecule is Cn1cc(NCC2CCN(c3ncc(C(=O)NO)cn3)CC2)c2ccccc21. The van der Waals surface area contributed by atoms with Crippen molar-refractivity contribution >= 4 is 28.4 Å². The fourth-order valence-electron chi connectivity index (χ4n) is 3.74. The van der Waals surface area contributed by atoms with Gasteiger partial charge in [-0.1, -0.05) is 18.2 Å². The van der Waals surface area contributed by atoms with Crippen molar-refractivity contribution in [3.05, 3.63) is 48.4 Å². The van der Waals surface area contributed by atoms with Crippen molar-refractivity contribution in [3.8, 4) is 0 Å². The normalized spacial score (nSPS) is 15.0. The molecule has 0 aliphatic carbocycles. The summed E-state index contributed by atoms with van der Waals surface area (Å²) in [5.74, 6) is 0.606. The summed E-state index contributed by atoms with van der Waals surface area (Å²) in [6.45, 7) is 2.71. The van der Waals surface area contributed by atoms with Gasteiger partial charge < -0.3 is 14.8 Å². The molecule has 3 heterocycles. The molecule has 1 aliphatic heterocycles. The van der Waals surface area contributed by atoms with E-state index in [-0.39, 0.29) is 5.56 Å².